The van der Waals surface area contributed by atoms with Crippen LogP contribution in [0.5, 0.6) is 5.75 Å². The number of aromatic hydroxyl groups is 1. The molecule has 0 fully saturated rings. The Morgan fingerprint density at radius 3 is 2.22 bits per heavy atom. The lowest BCUT2D eigenvalue weighted by molar-refractivity contribution is -0.138. The van der Waals surface area contributed by atoms with Gasteiger partial charge < -0.3 is 9.52 Å². The van der Waals surface area contributed by atoms with Gasteiger partial charge in [0.2, 0.25) is 0 Å². The van der Waals surface area contributed by atoms with E-state index >= 15 is 0 Å². The third-order valence-corrected chi connectivity index (χ3v) is 7.33. The quantitative estimate of drug-likeness (QED) is 0.296. The van der Waals surface area contributed by atoms with Crippen LogP contribution in [0.4, 0.5) is 26.3 Å². The van der Waals surface area contributed by atoms with Crippen LogP contribution in [0.25, 0.3) is 16.7 Å². The monoisotopic (exact) mass is 539 g/mol. The standard InChI is InChI=1S/C25H15F6NO4S/c1-23(2)14-9-12(25(29,30)31)6-7-15(14)32-17(23)10-16-18(21(32)34)19(33)20(22(35)36-16)37-13-5-3-4-11(8-13)24(26,27)28/h3-10,33H,1-2H3. The van der Waals surface area contributed by atoms with Gasteiger partial charge in [-0.1, -0.05) is 31.7 Å². The van der Waals surface area contributed by atoms with Crippen molar-refractivity contribution in [1.29, 1.82) is 0 Å². The second kappa shape index (κ2) is 7.91. The molecule has 0 radical (unpaired) electrons. The molecule has 0 atom stereocenters. The molecule has 0 spiro atoms. The van der Waals surface area contributed by atoms with E-state index in [2.05, 4.69) is 0 Å². The minimum absolute atomic E-state index is 0.0378. The third kappa shape index (κ3) is 3.90. The van der Waals surface area contributed by atoms with Gasteiger partial charge in [-0.3, -0.25) is 9.36 Å². The van der Waals surface area contributed by atoms with Crippen LogP contribution in [-0.2, 0) is 17.8 Å². The van der Waals surface area contributed by atoms with Gasteiger partial charge in [0.05, 0.1) is 16.8 Å². The van der Waals surface area contributed by atoms with Crippen LogP contribution in [0, 0.1) is 0 Å². The minimum atomic E-state index is -4.64. The van der Waals surface area contributed by atoms with E-state index in [1.165, 1.54) is 12.1 Å². The van der Waals surface area contributed by atoms with Crippen molar-refractivity contribution in [2.75, 3.05) is 0 Å². The molecule has 4 aromatic rings. The van der Waals surface area contributed by atoms with Crippen molar-refractivity contribution in [3.63, 3.8) is 0 Å². The predicted octanol–water partition coefficient (Wildman–Crippen LogP) is 6.48. The van der Waals surface area contributed by atoms with Gasteiger partial charge in [0.25, 0.3) is 5.56 Å². The summed E-state index contributed by atoms with van der Waals surface area (Å²) >= 11 is 0.489. The van der Waals surface area contributed by atoms with Crippen molar-refractivity contribution in [2.24, 2.45) is 0 Å². The molecule has 192 valence electrons. The van der Waals surface area contributed by atoms with Gasteiger partial charge in [-0.05, 0) is 42.0 Å². The molecule has 5 rings (SSSR count). The highest BCUT2D eigenvalue weighted by Crippen LogP contribution is 2.46. The van der Waals surface area contributed by atoms with Gasteiger partial charge in [0, 0.05) is 22.1 Å². The summed E-state index contributed by atoms with van der Waals surface area (Å²) in [5, 5.41) is 10.5. The van der Waals surface area contributed by atoms with Crippen molar-refractivity contribution in [2.45, 2.75) is 41.4 Å². The van der Waals surface area contributed by atoms with Crippen LogP contribution in [0.3, 0.4) is 0 Å². The van der Waals surface area contributed by atoms with Crippen LogP contribution in [0.1, 0.15) is 36.2 Å². The summed E-state index contributed by atoms with van der Waals surface area (Å²) in [4.78, 5) is 25.7. The first-order valence-corrected chi connectivity index (χ1v) is 11.5. The fraction of sp³-hybridized carbons (Fsp3) is 0.200. The summed E-state index contributed by atoms with van der Waals surface area (Å²) in [5.41, 5.74) is -4.62. The topological polar surface area (TPSA) is 72.4 Å². The van der Waals surface area contributed by atoms with Crippen LogP contribution >= 0.6 is 11.8 Å². The maximum atomic E-state index is 13.5. The van der Waals surface area contributed by atoms with E-state index in [0.717, 1.165) is 41.0 Å². The zero-order valence-electron chi connectivity index (χ0n) is 18.9. The number of alkyl halides is 6. The smallest absolute Gasteiger partial charge is 0.416 e. The van der Waals surface area contributed by atoms with E-state index in [0.29, 0.717) is 11.8 Å². The number of hydrogen-bond acceptors (Lipinski definition) is 5. The summed E-state index contributed by atoms with van der Waals surface area (Å²) in [7, 11) is 0. The molecule has 1 aliphatic heterocycles. The number of pyridine rings is 1. The molecule has 12 heteroatoms. The van der Waals surface area contributed by atoms with Crippen molar-refractivity contribution >= 4 is 22.7 Å². The molecule has 37 heavy (non-hydrogen) atoms. The Hall–Kier alpha value is -3.67. The van der Waals surface area contributed by atoms with Gasteiger partial charge in [-0.15, -0.1) is 0 Å². The molecule has 2 aromatic carbocycles. The second-order valence-electron chi connectivity index (χ2n) is 8.96. The second-order valence-corrected chi connectivity index (χ2v) is 10.0. The summed E-state index contributed by atoms with van der Waals surface area (Å²) in [5.74, 6) is -0.799. The van der Waals surface area contributed by atoms with E-state index in [-0.39, 0.29) is 27.4 Å². The predicted molar refractivity (Wildman–Crippen MR) is 122 cm³/mol. The Bertz CT molecular complexity index is 1720. The van der Waals surface area contributed by atoms with Crippen molar-refractivity contribution < 1.29 is 35.9 Å². The lowest BCUT2D eigenvalue weighted by Gasteiger charge is -2.21. The molecule has 0 amide bonds. The Kier molecular flexibility index (Phi) is 5.35. The zero-order valence-corrected chi connectivity index (χ0v) is 19.7. The van der Waals surface area contributed by atoms with Crippen LogP contribution in [0.15, 0.2) is 72.3 Å². The zero-order chi connectivity index (χ0) is 27.1. The Morgan fingerprint density at radius 1 is 0.919 bits per heavy atom. The minimum Gasteiger partial charge on any atom is -0.505 e. The molecule has 5 nitrogen and oxygen atoms in total. The number of aromatic nitrogens is 1. The van der Waals surface area contributed by atoms with Crippen molar-refractivity contribution in [1.82, 2.24) is 4.57 Å². The lowest BCUT2D eigenvalue weighted by atomic mass is 9.82. The number of halogens is 6. The van der Waals surface area contributed by atoms with Gasteiger partial charge >= 0.3 is 18.0 Å². The molecule has 1 N–H and O–H groups in total. The van der Waals surface area contributed by atoms with Crippen LogP contribution in [-0.4, -0.2) is 9.67 Å². The number of benzene rings is 2. The number of fused-ring (bicyclic) bond motifs is 4. The average Bonchev–Trinajstić information content (AvgIpc) is 3.02. The third-order valence-electron chi connectivity index (χ3n) is 6.27. The molecule has 3 heterocycles. The van der Waals surface area contributed by atoms with E-state index in [9.17, 15) is 41.0 Å². The van der Waals surface area contributed by atoms with E-state index < -0.39 is 56.1 Å². The first kappa shape index (κ1) is 25.0. The maximum absolute atomic E-state index is 13.5. The van der Waals surface area contributed by atoms with E-state index in [4.69, 9.17) is 4.42 Å². The first-order chi connectivity index (χ1) is 17.1. The van der Waals surface area contributed by atoms with Crippen LogP contribution < -0.4 is 11.2 Å². The highest BCUT2D eigenvalue weighted by atomic mass is 32.2. The molecule has 0 bridgehead atoms. The maximum Gasteiger partial charge on any atom is 0.416 e. The molecule has 1 aliphatic rings. The molecule has 2 aromatic heterocycles. The normalized spacial score (nSPS) is 14.6. The van der Waals surface area contributed by atoms with Gasteiger partial charge in [0.15, 0.2) is 5.75 Å². The number of rotatable bonds is 2. The summed E-state index contributed by atoms with van der Waals surface area (Å²) in [6.07, 6.45) is -9.26. The molecular weight excluding hydrogens is 524 g/mol. The molecule has 0 aliphatic carbocycles. The molecule has 0 saturated heterocycles. The van der Waals surface area contributed by atoms with Gasteiger partial charge in [-0.2, -0.15) is 26.3 Å². The fourth-order valence-corrected chi connectivity index (χ4v) is 5.32. The Morgan fingerprint density at radius 2 is 1.57 bits per heavy atom. The summed E-state index contributed by atoms with van der Waals surface area (Å²) < 4.78 is 85.7. The molecular formula is C25H15F6NO4S. The van der Waals surface area contributed by atoms with Crippen molar-refractivity contribution in [3.05, 3.63) is 91.7 Å². The summed E-state index contributed by atoms with van der Waals surface area (Å²) in [6, 6.07) is 8.25. The van der Waals surface area contributed by atoms with E-state index in [1.807, 2.05) is 0 Å². The lowest BCUT2D eigenvalue weighted by Crippen LogP contribution is -2.24. The largest absolute Gasteiger partial charge is 0.505 e. The first-order valence-electron chi connectivity index (χ1n) is 10.6. The van der Waals surface area contributed by atoms with Crippen LogP contribution in [0.2, 0.25) is 0 Å². The molecule has 0 saturated carbocycles. The van der Waals surface area contributed by atoms with Crippen molar-refractivity contribution in [3.8, 4) is 11.4 Å². The Balaban J connectivity index is 1.72. The van der Waals surface area contributed by atoms with Gasteiger partial charge in [-0.25, -0.2) is 4.79 Å². The number of nitrogens with zero attached hydrogens (tertiary/aromatic N) is 1. The Labute approximate surface area is 208 Å². The highest BCUT2D eigenvalue weighted by molar-refractivity contribution is 7.99. The van der Waals surface area contributed by atoms with E-state index in [1.54, 1.807) is 13.8 Å². The highest BCUT2D eigenvalue weighted by Gasteiger charge is 2.41. The SMILES string of the molecule is CC1(C)c2cc(C(F)(F)F)ccc2-n2c1cc1oc(=O)c(Sc3cccc(C(F)(F)F)c3)c(O)c1c2=O. The fourth-order valence-electron chi connectivity index (χ4n) is 4.43. The summed E-state index contributed by atoms with van der Waals surface area (Å²) in [6.45, 7) is 3.21. The molecule has 0 unspecified atom stereocenters. The number of hydrogen-bond donors (Lipinski definition) is 1. The average molecular weight is 539 g/mol. The van der Waals surface area contributed by atoms with Gasteiger partial charge in [0.1, 0.15) is 15.9 Å².